The fraction of sp³-hybridized carbons (Fsp3) is 0.412. The van der Waals surface area contributed by atoms with Gasteiger partial charge in [0.2, 0.25) is 0 Å². The van der Waals surface area contributed by atoms with Crippen LogP contribution in [0.3, 0.4) is 0 Å². The number of pyridine rings is 1. The molecule has 0 bridgehead atoms. The Morgan fingerprint density at radius 3 is 2.91 bits per heavy atom. The Hall–Kier alpha value is -1.72. The molecule has 0 aromatic carbocycles. The maximum absolute atomic E-state index is 12.5. The molecule has 3 rings (SSSR count). The van der Waals surface area contributed by atoms with Crippen LogP contribution in [0.5, 0.6) is 0 Å². The molecule has 0 unspecified atom stereocenters. The van der Waals surface area contributed by atoms with E-state index in [1.807, 2.05) is 36.7 Å². The van der Waals surface area contributed by atoms with Crippen LogP contribution in [0.4, 0.5) is 0 Å². The van der Waals surface area contributed by atoms with Crippen molar-refractivity contribution in [1.82, 2.24) is 10.3 Å². The first-order valence-electron chi connectivity index (χ1n) is 7.57. The van der Waals surface area contributed by atoms with Crippen LogP contribution in [0.15, 0.2) is 36.0 Å². The van der Waals surface area contributed by atoms with E-state index in [4.69, 9.17) is 4.74 Å². The molecule has 116 valence electrons. The Bertz CT molecular complexity index is 621. The largest absolute Gasteiger partial charge is 0.381 e. The summed E-state index contributed by atoms with van der Waals surface area (Å²) in [6.45, 7) is 3.52. The normalized spacial score (nSPS) is 17.1. The van der Waals surface area contributed by atoms with E-state index in [1.54, 1.807) is 6.20 Å². The Kier molecular flexibility index (Phi) is 4.85. The number of thiophene rings is 1. The molecule has 4 nitrogen and oxygen atoms in total. The molecule has 1 N–H and O–H groups in total. The van der Waals surface area contributed by atoms with Crippen LogP contribution >= 0.6 is 11.3 Å². The van der Waals surface area contributed by atoms with Gasteiger partial charge in [-0.05, 0) is 54.3 Å². The number of nitrogens with zero attached hydrogens (tertiary/aromatic N) is 1. The maximum Gasteiger partial charge on any atom is 0.261 e. The van der Waals surface area contributed by atoms with Crippen molar-refractivity contribution in [2.45, 2.75) is 25.8 Å². The Balaban J connectivity index is 1.80. The summed E-state index contributed by atoms with van der Waals surface area (Å²) in [5.74, 6) is 0.390. The fourth-order valence-electron chi connectivity index (χ4n) is 2.85. The van der Waals surface area contributed by atoms with E-state index in [0.29, 0.717) is 5.92 Å². The lowest BCUT2D eigenvalue weighted by Crippen LogP contribution is -2.35. The predicted molar refractivity (Wildman–Crippen MR) is 87.0 cm³/mol. The van der Waals surface area contributed by atoms with Crippen molar-refractivity contribution in [2.75, 3.05) is 13.2 Å². The van der Waals surface area contributed by atoms with Gasteiger partial charge in [0.05, 0.1) is 10.9 Å². The number of ether oxygens (including phenoxy) is 1. The Morgan fingerprint density at radius 2 is 2.27 bits per heavy atom. The first-order chi connectivity index (χ1) is 10.7. The highest BCUT2D eigenvalue weighted by Crippen LogP contribution is 2.30. The highest BCUT2D eigenvalue weighted by molar-refractivity contribution is 7.12. The van der Waals surface area contributed by atoms with Gasteiger partial charge in [0.1, 0.15) is 0 Å². The summed E-state index contributed by atoms with van der Waals surface area (Å²) in [4.78, 5) is 17.5. The van der Waals surface area contributed by atoms with Crippen LogP contribution in [0.2, 0.25) is 0 Å². The third-order valence-corrected chi connectivity index (χ3v) is 5.07. The molecule has 1 saturated heterocycles. The standard InChI is InChI=1S/C17H20N2O2S/c1-12-9-15(22-11-12)17(20)19-16(13-4-7-21-8-5-13)14-3-2-6-18-10-14/h2-3,6,9-11,13,16H,4-5,7-8H2,1H3,(H,19,20)/t16-/m1/s1. The van der Waals surface area contributed by atoms with E-state index in [1.165, 1.54) is 11.3 Å². The van der Waals surface area contributed by atoms with Crippen LogP contribution in [0, 0.1) is 12.8 Å². The Morgan fingerprint density at radius 1 is 1.45 bits per heavy atom. The van der Waals surface area contributed by atoms with Crippen molar-refractivity contribution in [3.8, 4) is 0 Å². The predicted octanol–water partition coefficient (Wildman–Crippen LogP) is 3.35. The fourth-order valence-corrected chi connectivity index (χ4v) is 3.65. The topological polar surface area (TPSA) is 51.2 Å². The van der Waals surface area contributed by atoms with Crippen molar-refractivity contribution >= 4 is 17.2 Å². The minimum atomic E-state index is -0.00694. The van der Waals surface area contributed by atoms with Gasteiger partial charge in [-0.2, -0.15) is 0 Å². The van der Waals surface area contributed by atoms with Crippen LogP contribution in [0.1, 0.15) is 39.7 Å². The second-order valence-corrected chi connectivity index (χ2v) is 6.59. The average Bonchev–Trinajstić information content (AvgIpc) is 3.01. The molecule has 1 amide bonds. The summed E-state index contributed by atoms with van der Waals surface area (Å²) in [6.07, 6.45) is 5.53. The second kappa shape index (κ2) is 7.03. The summed E-state index contributed by atoms with van der Waals surface area (Å²) in [7, 11) is 0. The minimum absolute atomic E-state index is 0.00144. The zero-order valence-corrected chi connectivity index (χ0v) is 13.4. The van der Waals surface area contributed by atoms with E-state index in [0.717, 1.165) is 42.1 Å². The van der Waals surface area contributed by atoms with Gasteiger partial charge < -0.3 is 10.1 Å². The lowest BCUT2D eigenvalue weighted by atomic mass is 9.87. The number of hydrogen-bond acceptors (Lipinski definition) is 4. The molecule has 22 heavy (non-hydrogen) atoms. The first-order valence-corrected chi connectivity index (χ1v) is 8.45. The number of hydrogen-bond donors (Lipinski definition) is 1. The average molecular weight is 316 g/mol. The molecule has 1 aliphatic heterocycles. The van der Waals surface area contributed by atoms with Crippen LogP contribution in [-0.2, 0) is 4.74 Å². The second-order valence-electron chi connectivity index (χ2n) is 5.68. The molecule has 3 heterocycles. The number of carbonyl (C=O) groups excluding carboxylic acids is 1. The van der Waals surface area contributed by atoms with E-state index >= 15 is 0 Å². The highest BCUT2D eigenvalue weighted by atomic mass is 32.1. The van der Waals surface area contributed by atoms with Gasteiger partial charge >= 0.3 is 0 Å². The maximum atomic E-state index is 12.5. The number of rotatable bonds is 4. The molecule has 1 fully saturated rings. The minimum Gasteiger partial charge on any atom is -0.381 e. The van der Waals surface area contributed by atoms with Crippen molar-refractivity contribution in [3.63, 3.8) is 0 Å². The zero-order valence-electron chi connectivity index (χ0n) is 12.6. The lowest BCUT2D eigenvalue weighted by Gasteiger charge is -2.31. The van der Waals surface area contributed by atoms with Gasteiger partial charge in [0, 0.05) is 25.6 Å². The quantitative estimate of drug-likeness (QED) is 0.941. The smallest absolute Gasteiger partial charge is 0.261 e. The van der Waals surface area contributed by atoms with E-state index in [2.05, 4.69) is 10.3 Å². The molecule has 2 aromatic rings. The molecule has 0 aliphatic carbocycles. The number of carbonyl (C=O) groups is 1. The number of aromatic nitrogens is 1. The molecule has 0 radical (unpaired) electrons. The lowest BCUT2D eigenvalue weighted by molar-refractivity contribution is 0.0514. The molecule has 5 heteroatoms. The molecule has 2 aromatic heterocycles. The first kappa shape index (κ1) is 15.2. The SMILES string of the molecule is Cc1csc(C(=O)N[C@@H](c2cccnc2)C2CCOCC2)c1. The van der Waals surface area contributed by atoms with Gasteiger partial charge in [0.15, 0.2) is 0 Å². The molecule has 0 saturated carbocycles. The van der Waals surface area contributed by atoms with Gasteiger partial charge in [-0.3, -0.25) is 9.78 Å². The number of aryl methyl sites for hydroxylation is 1. The van der Waals surface area contributed by atoms with Crippen molar-refractivity contribution in [3.05, 3.63) is 52.0 Å². The van der Waals surface area contributed by atoms with Gasteiger partial charge in [-0.1, -0.05) is 6.07 Å². The van der Waals surface area contributed by atoms with E-state index in [-0.39, 0.29) is 11.9 Å². The van der Waals surface area contributed by atoms with Gasteiger partial charge in [0.25, 0.3) is 5.91 Å². The molecule has 1 atom stereocenters. The number of nitrogens with one attached hydrogen (secondary N) is 1. The molecular weight excluding hydrogens is 296 g/mol. The summed E-state index contributed by atoms with van der Waals surface area (Å²) in [6, 6.07) is 5.88. The van der Waals surface area contributed by atoms with Crippen LogP contribution in [-0.4, -0.2) is 24.1 Å². The van der Waals surface area contributed by atoms with Crippen molar-refractivity contribution in [2.24, 2.45) is 5.92 Å². The van der Waals surface area contributed by atoms with Crippen molar-refractivity contribution in [1.29, 1.82) is 0 Å². The molecule has 0 spiro atoms. The van der Waals surface area contributed by atoms with Crippen molar-refractivity contribution < 1.29 is 9.53 Å². The summed E-state index contributed by atoms with van der Waals surface area (Å²) in [5, 5.41) is 5.21. The summed E-state index contributed by atoms with van der Waals surface area (Å²) >= 11 is 1.49. The van der Waals surface area contributed by atoms with Crippen LogP contribution in [0.25, 0.3) is 0 Å². The zero-order chi connectivity index (χ0) is 15.4. The third kappa shape index (κ3) is 3.54. The van der Waals surface area contributed by atoms with E-state index in [9.17, 15) is 4.79 Å². The summed E-state index contributed by atoms with van der Waals surface area (Å²) < 4.78 is 5.45. The Labute approximate surface area is 134 Å². The van der Waals surface area contributed by atoms with Crippen LogP contribution < -0.4 is 5.32 Å². The van der Waals surface area contributed by atoms with Gasteiger partial charge in [-0.15, -0.1) is 11.3 Å². The monoisotopic (exact) mass is 316 g/mol. The summed E-state index contributed by atoms with van der Waals surface area (Å²) in [5.41, 5.74) is 2.19. The van der Waals surface area contributed by atoms with E-state index < -0.39 is 0 Å². The number of amides is 1. The molecule has 1 aliphatic rings. The molecular formula is C17H20N2O2S. The van der Waals surface area contributed by atoms with Gasteiger partial charge in [-0.25, -0.2) is 0 Å². The third-order valence-electron chi connectivity index (χ3n) is 4.02. The highest BCUT2D eigenvalue weighted by Gasteiger charge is 2.27.